The lowest BCUT2D eigenvalue weighted by Crippen LogP contribution is -2.26. The van der Waals surface area contributed by atoms with E-state index in [2.05, 4.69) is 26.4 Å². The van der Waals surface area contributed by atoms with E-state index in [9.17, 15) is 9.18 Å². The van der Waals surface area contributed by atoms with Crippen LogP contribution in [0.2, 0.25) is 5.02 Å². The van der Waals surface area contributed by atoms with E-state index in [0.29, 0.717) is 24.5 Å². The molecule has 3 aromatic rings. The van der Waals surface area contributed by atoms with Gasteiger partial charge < -0.3 is 19.3 Å². The maximum absolute atomic E-state index is 14.3. The topological polar surface area (TPSA) is 73.6 Å². The molecule has 0 fully saturated rings. The lowest BCUT2D eigenvalue weighted by molar-refractivity contribution is 0.0953. The summed E-state index contributed by atoms with van der Waals surface area (Å²) in [6.07, 6.45) is 0.521. The largest absolute Gasteiger partial charge is 0.493 e. The fourth-order valence-corrected chi connectivity index (χ4v) is 3.79. The van der Waals surface area contributed by atoms with Gasteiger partial charge in [-0.1, -0.05) is 38.8 Å². The Labute approximate surface area is 186 Å². The highest BCUT2D eigenvalue weighted by Gasteiger charge is 2.25. The van der Waals surface area contributed by atoms with Crippen LogP contribution in [0, 0.1) is 12.7 Å². The zero-order chi connectivity index (χ0) is 21.8. The molecule has 0 saturated carbocycles. The minimum atomic E-state index is -0.584. The molecule has 158 valence electrons. The quantitative estimate of drug-likeness (QED) is 0.486. The van der Waals surface area contributed by atoms with Crippen LogP contribution in [0.15, 0.2) is 39.3 Å². The number of benzene rings is 2. The van der Waals surface area contributed by atoms with Crippen molar-refractivity contribution in [3.05, 3.63) is 62.5 Å². The number of carbonyl (C=O) groups excluding carboxylic acids is 1. The Hall–Kier alpha value is -2.58. The normalized spacial score (nSPS) is 10.7. The van der Waals surface area contributed by atoms with Gasteiger partial charge in [0.2, 0.25) is 0 Å². The van der Waals surface area contributed by atoms with Crippen molar-refractivity contribution in [3.8, 4) is 22.8 Å². The molecule has 0 spiro atoms. The molecule has 1 amide bonds. The first-order valence-electron chi connectivity index (χ1n) is 8.96. The average molecular weight is 498 g/mol. The predicted octanol–water partition coefficient (Wildman–Crippen LogP) is 5.19. The maximum atomic E-state index is 14.3. The SMILES string of the molecule is COc1cc(Br)c(CCNC(=O)c2c(-c3c(F)cccc3Cl)noc2C)cc1OC. The minimum Gasteiger partial charge on any atom is -0.493 e. The molecule has 0 bridgehead atoms. The summed E-state index contributed by atoms with van der Waals surface area (Å²) in [5.41, 5.74) is 1.17. The van der Waals surface area contributed by atoms with E-state index in [1.807, 2.05) is 6.07 Å². The molecule has 6 nitrogen and oxygen atoms in total. The summed E-state index contributed by atoms with van der Waals surface area (Å²) in [7, 11) is 3.12. The van der Waals surface area contributed by atoms with Crippen LogP contribution >= 0.6 is 27.5 Å². The molecular weight excluding hydrogens is 479 g/mol. The maximum Gasteiger partial charge on any atom is 0.257 e. The summed E-state index contributed by atoms with van der Waals surface area (Å²) in [6, 6.07) is 7.90. The molecule has 1 aromatic heterocycles. The van der Waals surface area contributed by atoms with E-state index in [1.54, 1.807) is 27.2 Å². The number of hydrogen-bond donors (Lipinski definition) is 1. The number of aromatic nitrogens is 1. The van der Waals surface area contributed by atoms with Gasteiger partial charge in [-0.2, -0.15) is 0 Å². The highest BCUT2D eigenvalue weighted by molar-refractivity contribution is 9.10. The van der Waals surface area contributed by atoms with Crippen LogP contribution in [-0.4, -0.2) is 31.8 Å². The van der Waals surface area contributed by atoms with Crippen LogP contribution in [0.25, 0.3) is 11.3 Å². The second-order valence-corrected chi connectivity index (χ2v) is 7.63. The van der Waals surface area contributed by atoms with Crippen LogP contribution in [0.3, 0.4) is 0 Å². The Morgan fingerprint density at radius 1 is 1.27 bits per heavy atom. The zero-order valence-electron chi connectivity index (χ0n) is 16.5. The Morgan fingerprint density at radius 2 is 1.97 bits per heavy atom. The molecule has 0 atom stereocenters. The predicted molar refractivity (Wildman–Crippen MR) is 115 cm³/mol. The lowest BCUT2D eigenvalue weighted by atomic mass is 10.0. The number of aryl methyl sites for hydroxylation is 1. The van der Waals surface area contributed by atoms with Gasteiger partial charge in [0, 0.05) is 11.0 Å². The van der Waals surface area contributed by atoms with Gasteiger partial charge in [0.05, 0.1) is 24.8 Å². The fraction of sp³-hybridized carbons (Fsp3) is 0.238. The summed E-state index contributed by atoms with van der Waals surface area (Å²) in [4.78, 5) is 12.8. The second kappa shape index (κ2) is 9.49. The molecule has 0 unspecified atom stereocenters. The minimum absolute atomic E-state index is 0.0313. The first-order valence-corrected chi connectivity index (χ1v) is 10.1. The summed E-state index contributed by atoms with van der Waals surface area (Å²) in [5.74, 6) is 0.449. The lowest BCUT2D eigenvalue weighted by Gasteiger charge is -2.12. The highest BCUT2D eigenvalue weighted by Crippen LogP contribution is 2.34. The Balaban J connectivity index is 1.78. The molecule has 0 saturated heterocycles. The van der Waals surface area contributed by atoms with E-state index in [1.165, 1.54) is 18.2 Å². The molecule has 1 N–H and O–H groups in total. The van der Waals surface area contributed by atoms with Crippen molar-refractivity contribution in [2.75, 3.05) is 20.8 Å². The third kappa shape index (κ3) is 4.44. The average Bonchev–Trinajstić information content (AvgIpc) is 3.09. The van der Waals surface area contributed by atoms with E-state index in [4.69, 9.17) is 25.6 Å². The third-order valence-electron chi connectivity index (χ3n) is 4.52. The summed E-state index contributed by atoms with van der Waals surface area (Å²) >= 11 is 9.62. The Bertz CT molecular complexity index is 1070. The first kappa shape index (κ1) is 22.1. The van der Waals surface area contributed by atoms with Crippen molar-refractivity contribution < 1.29 is 23.2 Å². The molecule has 0 aliphatic carbocycles. The van der Waals surface area contributed by atoms with Gasteiger partial charge >= 0.3 is 0 Å². The molecule has 1 heterocycles. The summed E-state index contributed by atoms with van der Waals surface area (Å²) < 4.78 is 30.9. The molecule has 3 rings (SSSR count). The third-order valence-corrected chi connectivity index (χ3v) is 5.58. The second-order valence-electron chi connectivity index (χ2n) is 6.36. The standard InChI is InChI=1S/C21H19BrClFN2O4/c1-11-18(20(26-30-11)19-14(23)5-4-6-15(19)24)21(27)25-8-7-12-9-16(28-2)17(29-3)10-13(12)22/h4-6,9-10H,7-8H2,1-3H3,(H,25,27). The van der Waals surface area contributed by atoms with Gasteiger partial charge in [-0.15, -0.1) is 0 Å². The van der Waals surface area contributed by atoms with Gasteiger partial charge in [0.15, 0.2) is 11.5 Å². The summed E-state index contributed by atoms with van der Waals surface area (Å²) in [5, 5.41) is 6.82. The molecule has 2 aromatic carbocycles. The Kier molecular flexibility index (Phi) is 6.99. The summed E-state index contributed by atoms with van der Waals surface area (Å²) in [6.45, 7) is 1.91. The van der Waals surface area contributed by atoms with Crippen molar-refractivity contribution in [1.82, 2.24) is 10.5 Å². The van der Waals surface area contributed by atoms with Crippen molar-refractivity contribution in [1.29, 1.82) is 0 Å². The van der Waals surface area contributed by atoms with E-state index in [0.717, 1.165) is 10.0 Å². The first-order chi connectivity index (χ1) is 14.4. The van der Waals surface area contributed by atoms with Crippen LogP contribution in [0.4, 0.5) is 4.39 Å². The van der Waals surface area contributed by atoms with Gasteiger partial charge in [-0.05, 0) is 43.2 Å². The number of carbonyl (C=O) groups is 1. The smallest absolute Gasteiger partial charge is 0.257 e. The van der Waals surface area contributed by atoms with E-state index < -0.39 is 11.7 Å². The van der Waals surface area contributed by atoms with Crippen molar-refractivity contribution in [3.63, 3.8) is 0 Å². The molecule has 9 heteroatoms. The van der Waals surface area contributed by atoms with Crippen LogP contribution in [0.1, 0.15) is 21.7 Å². The van der Waals surface area contributed by atoms with Gasteiger partial charge in [-0.3, -0.25) is 4.79 Å². The number of nitrogens with one attached hydrogen (secondary N) is 1. The number of nitrogens with zero attached hydrogens (tertiary/aromatic N) is 1. The van der Waals surface area contributed by atoms with Gasteiger partial charge in [-0.25, -0.2) is 4.39 Å². The highest BCUT2D eigenvalue weighted by atomic mass is 79.9. The van der Waals surface area contributed by atoms with Crippen LogP contribution in [0.5, 0.6) is 11.5 Å². The van der Waals surface area contributed by atoms with Crippen LogP contribution in [-0.2, 0) is 6.42 Å². The number of methoxy groups -OCH3 is 2. The zero-order valence-corrected chi connectivity index (χ0v) is 18.9. The van der Waals surface area contributed by atoms with Crippen molar-refractivity contribution in [2.24, 2.45) is 0 Å². The molecule has 0 aliphatic rings. The Morgan fingerprint density at radius 3 is 2.63 bits per heavy atom. The number of rotatable bonds is 7. The van der Waals surface area contributed by atoms with Gasteiger partial charge in [0.25, 0.3) is 5.91 Å². The monoisotopic (exact) mass is 496 g/mol. The number of halogens is 3. The van der Waals surface area contributed by atoms with E-state index >= 15 is 0 Å². The number of hydrogen-bond acceptors (Lipinski definition) is 5. The molecule has 30 heavy (non-hydrogen) atoms. The molecule has 0 aliphatic heterocycles. The number of ether oxygens (including phenoxy) is 2. The van der Waals surface area contributed by atoms with Gasteiger partial charge in [0.1, 0.15) is 22.8 Å². The number of amides is 1. The van der Waals surface area contributed by atoms with Crippen molar-refractivity contribution >= 4 is 33.4 Å². The molecule has 0 radical (unpaired) electrons. The van der Waals surface area contributed by atoms with E-state index in [-0.39, 0.29) is 27.6 Å². The molecular formula is C21H19BrClFN2O4. The van der Waals surface area contributed by atoms with Crippen LogP contribution < -0.4 is 14.8 Å². The van der Waals surface area contributed by atoms with Crippen molar-refractivity contribution in [2.45, 2.75) is 13.3 Å². The fourth-order valence-electron chi connectivity index (χ4n) is 3.02.